The maximum atomic E-state index is 11.0. The van der Waals surface area contributed by atoms with Crippen LogP contribution in [-0.2, 0) is 9.53 Å². The lowest BCUT2D eigenvalue weighted by Crippen LogP contribution is -2.34. The molecule has 0 aliphatic carbocycles. The van der Waals surface area contributed by atoms with E-state index in [1.807, 2.05) is 20.8 Å². The van der Waals surface area contributed by atoms with Crippen molar-refractivity contribution in [2.24, 2.45) is 5.92 Å². The fraction of sp³-hybridized carbons (Fsp3) is 0.857. The number of alkyl halides is 1. The maximum absolute atomic E-state index is 11.0. The van der Waals surface area contributed by atoms with Crippen molar-refractivity contribution in [3.8, 4) is 0 Å². The molecule has 0 rings (SSSR count). The normalized spacial score (nSPS) is 16.6. The van der Waals surface area contributed by atoms with Crippen molar-refractivity contribution < 1.29 is 9.53 Å². The van der Waals surface area contributed by atoms with Crippen LogP contribution in [0, 0.1) is 5.92 Å². The van der Waals surface area contributed by atoms with Gasteiger partial charge in [0, 0.05) is 0 Å². The van der Waals surface area contributed by atoms with Crippen molar-refractivity contribution >= 4 is 21.9 Å². The molecule has 0 amide bonds. The van der Waals surface area contributed by atoms with E-state index in [-0.39, 0.29) is 11.9 Å². The molecule has 1 atom stereocenters. The standard InChI is InChI=1S/C7H13BrO2/c1-5(2)7(3,8)6(9)10-4/h5H,1-4H3/t7-/m0/s1. The van der Waals surface area contributed by atoms with Crippen LogP contribution in [0.4, 0.5) is 0 Å². The molecule has 0 aliphatic rings. The number of halogens is 1. The molecule has 0 N–H and O–H groups in total. The summed E-state index contributed by atoms with van der Waals surface area (Å²) in [7, 11) is 1.39. The van der Waals surface area contributed by atoms with Gasteiger partial charge in [0.1, 0.15) is 4.32 Å². The molecule has 0 bridgehead atoms. The van der Waals surface area contributed by atoms with Crippen molar-refractivity contribution in [1.82, 2.24) is 0 Å². The highest BCUT2D eigenvalue weighted by atomic mass is 79.9. The zero-order valence-corrected chi connectivity index (χ0v) is 8.36. The van der Waals surface area contributed by atoms with E-state index in [2.05, 4.69) is 20.7 Å². The molecular weight excluding hydrogens is 196 g/mol. The first-order valence-corrected chi connectivity index (χ1v) is 3.99. The quantitative estimate of drug-likeness (QED) is 0.513. The molecule has 10 heavy (non-hydrogen) atoms. The molecule has 2 nitrogen and oxygen atoms in total. The van der Waals surface area contributed by atoms with E-state index in [9.17, 15) is 4.79 Å². The number of methoxy groups -OCH3 is 1. The van der Waals surface area contributed by atoms with Crippen LogP contribution < -0.4 is 0 Å². The van der Waals surface area contributed by atoms with Gasteiger partial charge in [0.25, 0.3) is 0 Å². The number of rotatable bonds is 2. The summed E-state index contributed by atoms with van der Waals surface area (Å²) in [6, 6.07) is 0. The predicted octanol–water partition coefficient (Wildman–Crippen LogP) is 1.97. The van der Waals surface area contributed by atoms with E-state index in [1.54, 1.807) is 0 Å². The molecule has 0 aliphatic heterocycles. The van der Waals surface area contributed by atoms with Crippen LogP contribution in [0.5, 0.6) is 0 Å². The van der Waals surface area contributed by atoms with Crippen LogP contribution in [0.2, 0.25) is 0 Å². The SMILES string of the molecule is COC(=O)[C@@](C)(Br)C(C)C. The Morgan fingerprint density at radius 1 is 1.60 bits per heavy atom. The van der Waals surface area contributed by atoms with E-state index in [1.165, 1.54) is 7.11 Å². The first-order valence-electron chi connectivity index (χ1n) is 3.20. The number of ether oxygens (including phenoxy) is 1. The van der Waals surface area contributed by atoms with Gasteiger partial charge in [0.15, 0.2) is 0 Å². The summed E-state index contributed by atoms with van der Waals surface area (Å²) in [4.78, 5) is 11.0. The molecule has 3 heteroatoms. The lowest BCUT2D eigenvalue weighted by molar-refractivity contribution is -0.143. The Labute approximate surface area is 70.1 Å². The Hall–Kier alpha value is -0.0500. The van der Waals surface area contributed by atoms with Gasteiger partial charge in [-0.05, 0) is 12.8 Å². The minimum atomic E-state index is -0.540. The maximum Gasteiger partial charge on any atom is 0.322 e. The summed E-state index contributed by atoms with van der Waals surface area (Å²) in [6.07, 6.45) is 0. The highest BCUT2D eigenvalue weighted by Crippen LogP contribution is 2.27. The van der Waals surface area contributed by atoms with Gasteiger partial charge < -0.3 is 4.74 Å². The van der Waals surface area contributed by atoms with E-state index in [0.717, 1.165) is 0 Å². The zero-order valence-electron chi connectivity index (χ0n) is 6.77. The first-order chi connectivity index (χ1) is 4.42. The molecule has 0 aromatic rings. The number of hydrogen-bond acceptors (Lipinski definition) is 2. The lowest BCUT2D eigenvalue weighted by atomic mass is 9.98. The second-order valence-electron chi connectivity index (χ2n) is 2.72. The van der Waals surface area contributed by atoms with Crippen LogP contribution in [0.1, 0.15) is 20.8 Å². The van der Waals surface area contributed by atoms with Crippen molar-refractivity contribution in [3.05, 3.63) is 0 Å². The first kappa shape index (κ1) is 9.95. The van der Waals surface area contributed by atoms with Gasteiger partial charge in [0.2, 0.25) is 0 Å². The third kappa shape index (κ3) is 1.97. The average Bonchev–Trinajstić information content (AvgIpc) is 1.86. The van der Waals surface area contributed by atoms with Crippen molar-refractivity contribution in [2.45, 2.75) is 25.1 Å². The molecule has 0 spiro atoms. The Kier molecular flexibility index (Phi) is 3.36. The minimum Gasteiger partial charge on any atom is -0.468 e. The van der Waals surface area contributed by atoms with Gasteiger partial charge in [-0.2, -0.15) is 0 Å². The molecular formula is C7H13BrO2. The van der Waals surface area contributed by atoms with Gasteiger partial charge in [-0.25, -0.2) is 0 Å². The second-order valence-corrected chi connectivity index (χ2v) is 4.37. The number of esters is 1. The van der Waals surface area contributed by atoms with Gasteiger partial charge in [-0.1, -0.05) is 29.8 Å². The summed E-state index contributed by atoms with van der Waals surface area (Å²) >= 11 is 3.30. The molecule has 0 aromatic heterocycles. The van der Waals surface area contributed by atoms with Gasteiger partial charge in [-0.15, -0.1) is 0 Å². The second kappa shape index (κ2) is 3.37. The molecule has 0 unspecified atom stereocenters. The number of carbonyl (C=O) groups excluding carboxylic acids is 1. The van der Waals surface area contributed by atoms with Crippen molar-refractivity contribution in [2.75, 3.05) is 7.11 Å². The fourth-order valence-electron chi connectivity index (χ4n) is 0.435. The monoisotopic (exact) mass is 208 g/mol. The Morgan fingerprint density at radius 2 is 2.00 bits per heavy atom. The molecule has 0 aromatic carbocycles. The number of carbonyl (C=O) groups is 1. The van der Waals surface area contributed by atoms with Crippen LogP contribution in [0.25, 0.3) is 0 Å². The molecule has 0 saturated heterocycles. The number of hydrogen-bond donors (Lipinski definition) is 0. The van der Waals surface area contributed by atoms with Gasteiger partial charge in [0.05, 0.1) is 7.11 Å². The molecule has 0 heterocycles. The van der Waals surface area contributed by atoms with Crippen LogP contribution in [-0.4, -0.2) is 17.4 Å². The van der Waals surface area contributed by atoms with Gasteiger partial charge >= 0.3 is 5.97 Å². The van der Waals surface area contributed by atoms with E-state index in [4.69, 9.17) is 0 Å². The van der Waals surface area contributed by atoms with E-state index in [0.29, 0.717) is 0 Å². The predicted molar refractivity (Wildman–Crippen MR) is 44.2 cm³/mol. The Morgan fingerprint density at radius 3 is 2.10 bits per heavy atom. The summed E-state index contributed by atoms with van der Waals surface area (Å²) in [5, 5.41) is 0. The molecule has 60 valence electrons. The highest BCUT2D eigenvalue weighted by molar-refractivity contribution is 9.10. The van der Waals surface area contributed by atoms with Crippen LogP contribution in [0.15, 0.2) is 0 Å². The molecule has 0 fully saturated rings. The van der Waals surface area contributed by atoms with E-state index < -0.39 is 4.32 Å². The Bertz CT molecular complexity index is 130. The summed E-state index contributed by atoms with van der Waals surface area (Å²) in [6.45, 7) is 5.74. The van der Waals surface area contributed by atoms with Crippen LogP contribution in [0.3, 0.4) is 0 Å². The lowest BCUT2D eigenvalue weighted by Gasteiger charge is -2.23. The zero-order chi connectivity index (χ0) is 8.36. The largest absolute Gasteiger partial charge is 0.468 e. The summed E-state index contributed by atoms with van der Waals surface area (Å²) in [5.74, 6) is 0.0162. The fourth-order valence-corrected chi connectivity index (χ4v) is 0.597. The molecule has 0 saturated carbocycles. The summed E-state index contributed by atoms with van der Waals surface area (Å²) < 4.78 is 4.05. The van der Waals surface area contributed by atoms with E-state index >= 15 is 0 Å². The topological polar surface area (TPSA) is 26.3 Å². The van der Waals surface area contributed by atoms with Crippen LogP contribution >= 0.6 is 15.9 Å². The third-order valence-corrected chi connectivity index (χ3v) is 2.91. The minimum absolute atomic E-state index is 0.220. The smallest absolute Gasteiger partial charge is 0.322 e. The Balaban J connectivity index is 4.24. The third-order valence-electron chi connectivity index (χ3n) is 1.67. The average molecular weight is 209 g/mol. The highest BCUT2D eigenvalue weighted by Gasteiger charge is 2.34. The summed E-state index contributed by atoms with van der Waals surface area (Å²) in [5.41, 5.74) is 0. The van der Waals surface area contributed by atoms with Crippen molar-refractivity contribution in [1.29, 1.82) is 0 Å². The van der Waals surface area contributed by atoms with Crippen molar-refractivity contribution in [3.63, 3.8) is 0 Å². The van der Waals surface area contributed by atoms with Gasteiger partial charge in [-0.3, -0.25) is 4.79 Å². The molecule has 0 radical (unpaired) electrons.